The summed E-state index contributed by atoms with van der Waals surface area (Å²) in [6, 6.07) is 7.14. The fourth-order valence-electron chi connectivity index (χ4n) is 2.59. The molecule has 1 fully saturated rings. The first-order valence-corrected chi connectivity index (χ1v) is 6.62. The lowest BCUT2D eigenvalue weighted by atomic mass is 10.1. The number of hydrogen-bond acceptors (Lipinski definition) is 4. The Morgan fingerprint density at radius 1 is 1.40 bits per heavy atom. The van der Waals surface area contributed by atoms with Gasteiger partial charge in [-0.15, -0.1) is 0 Å². The highest BCUT2D eigenvalue weighted by atomic mass is 16.2. The molecule has 0 saturated carbocycles. The van der Waals surface area contributed by atoms with Crippen LogP contribution >= 0.6 is 0 Å². The minimum Gasteiger partial charge on any atom is -0.347 e. The molecular formula is C14H16N4O2. The summed E-state index contributed by atoms with van der Waals surface area (Å²) in [7, 11) is 2.03. The number of hydrogen-bond donors (Lipinski definition) is 2. The van der Waals surface area contributed by atoms with Crippen LogP contribution in [0.5, 0.6) is 0 Å². The average molecular weight is 272 g/mol. The van der Waals surface area contributed by atoms with Crippen molar-refractivity contribution in [1.29, 1.82) is 0 Å². The molecule has 2 aromatic rings. The van der Waals surface area contributed by atoms with Crippen LogP contribution < -0.4 is 10.9 Å². The summed E-state index contributed by atoms with van der Waals surface area (Å²) in [6.45, 7) is 1.82. The van der Waals surface area contributed by atoms with E-state index >= 15 is 0 Å². The summed E-state index contributed by atoms with van der Waals surface area (Å²) < 4.78 is 0. The number of rotatable bonds is 2. The fourth-order valence-corrected chi connectivity index (χ4v) is 2.59. The molecule has 6 nitrogen and oxygen atoms in total. The van der Waals surface area contributed by atoms with Crippen molar-refractivity contribution in [1.82, 2.24) is 20.4 Å². The van der Waals surface area contributed by atoms with Crippen molar-refractivity contribution in [2.24, 2.45) is 0 Å². The van der Waals surface area contributed by atoms with Crippen LogP contribution in [0.1, 0.15) is 16.9 Å². The number of carbonyl (C=O) groups is 1. The van der Waals surface area contributed by atoms with Crippen LogP contribution in [-0.4, -0.2) is 47.2 Å². The quantitative estimate of drug-likeness (QED) is 0.827. The van der Waals surface area contributed by atoms with E-state index in [1.54, 1.807) is 24.3 Å². The van der Waals surface area contributed by atoms with Crippen molar-refractivity contribution in [2.45, 2.75) is 12.5 Å². The van der Waals surface area contributed by atoms with Crippen molar-refractivity contribution < 1.29 is 4.79 Å². The Morgan fingerprint density at radius 3 is 2.85 bits per heavy atom. The van der Waals surface area contributed by atoms with Crippen LogP contribution in [0.2, 0.25) is 0 Å². The Hall–Kier alpha value is -2.21. The van der Waals surface area contributed by atoms with Crippen LogP contribution in [-0.2, 0) is 0 Å². The first-order chi connectivity index (χ1) is 9.65. The number of carbonyl (C=O) groups excluding carboxylic acids is 1. The highest BCUT2D eigenvalue weighted by Gasteiger charge is 2.23. The van der Waals surface area contributed by atoms with Crippen molar-refractivity contribution in [2.75, 3.05) is 20.1 Å². The third-order valence-corrected chi connectivity index (χ3v) is 3.64. The number of benzene rings is 1. The summed E-state index contributed by atoms with van der Waals surface area (Å²) in [5, 5.41) is 10.3. The number of nitrogens with one attached hydrogen (secondary N) is 2. The van der Waals surface area contributed by atoms with E-state index in [0.29, 0.717) is 10.8 Å². The second-order valence-electron chi connectivity index (χ2n) is 5.17. The van der Waals surface area contributed by atoms with Gasteiger partial charge in [-0.1, -0.05) is 18.2 Å². The van der Waals surface area contributed by atoms with E-state index in [1.807, 2.05) is 7.05 Å². The number of H-pyrrole nitrogens is 1. The molecule has 104 valence electrons. The van der Waals surface area contributed by atoms with Crippen molar-refractivity contribution in [3.05, 3.63) is 40.3 Å². The largest absolute Gasteiger partial charge is 0.347 e. The van der Waals surface area contributed by atoms with Gasteiger partial charge in [0.1, 0.15) is 0 Å². The van der Waals surface area contributed by atoms with E-state index in [0.717, 1.165) is 19.5 Å². The zero-order valence-corrected chi connectivity index (χ0v) is 11.2. The highest BCUT2D eigenvalue weighted by molar-refractivity contribution is 6.04. The van der Waals surface area contributed by atoms with Crippen molar-refractivity contribution in [3.63, 3.8) is 0 Å². The Bertz CT molecular complexity index is 710. The summed E-state index contributed by atoms with van der Waals surface area (Å²) >= 11 is 0. The van der Waals surface area contributed by atoms with Gasteiger partial charge in [0.25, 0.3) is 11.5 Å². The normalized spacial score (nSPS) is 19.4. The highest BCUT2D eigenvalue weighted by Crippen LogP contribution is 2.13. The monoisotopic (exact) mass is 272 g/mol. The lowest BCUT2D eigenvalue weighted by Gasteiger charge is -2.13. The third-order valence-electron chi connectivity index (χ3n) is 3.64. The zero-order chi connectivity index (χ0) is 14.1. The Kier molecular flexibility index (Phi) is 3.23. The summed E-state index contributed by atoms with van der Waals surface area (Å²) in [5.74, 6) is -0.238. The maximum Gasteiger partial charge on any atom is 0.272 e. The van der Waals surface area contributed by atoms with Crippen molar-refractivity contribution in [3.8, 4) is 0 Å². The molecule has 0 aliphatic carbocycles. The van der Waals surface area contributed by atoms with Crippen LogP contribution in [0.15, 0.2) is 29.1 Å². The first kappa shape index (κ1) is 12.8. The molecule has 1 amide bonds. The third kappa shape index (κ3) is 2.30. The van der Waals surface area contributed by atoms with Crippen LogP contribution in [0.25, 0.3) is 10.8 Å². The Balaban J connectivity index is 1.92. The summed E-state index contributed by atoms with van der Waals surface area (Å²) in [5.41, 5.74) is -0.00694. The molecule has 0 bridgehead atoms. The number of nitrogens with zero attached hydrogens (tertiary/aromatic N) is 2. The van der Waals surface area contributed by atoms with Crippen molar-refractivity contribution >= 4 is 16.7 Å². The molecule has 1 aromatic carbocycles. The van der Waals surface area contributed by atoms with E-state index < -0.39 is 0 Å². The van der Waals surface area contributed by atoms with Gasteiger partial charge in [0.2, 0.25) is 0 Å². The van der Waals surface area contributed by atoms with Gasteiger partial charge >= 0.3 is 0 Å². The molecular weight excluding hydrogens is 256 g/mol. The molecule has 1 saturated heterocycles. The zero-order valence-electron chi connectivity index (χ0n) is 11.2. The predicted molar refractivity (Wildman–Crippen MR) is 75.7 cm³/mol. The molecule has 1 aliphatic heterocycles. The van der Waals surface area contributed by atoms with E-state index in [9.17, 15) is 9.59 Å². The molecule has 0 spiro atoms. The topological polar surface area (TPSA) is 78.1 Å². The molecule has 1 aromatic heterocycles. The molecule has 1 unspecified atom stereocenters. The molecule has 6 heteroatoms. The molecule has 20 heavy (non-hydrogen) atoms. The van der Waals surface area contributed by atoms with Crippen LogP contribution in [0.3, 0.4) is 0 Å². The van der Waals surface area contributed by atoms with Gasteiger partial charge in [0.05, 0.1) is 5.39 Å². The number of aromatic nitrogens is 2. The lowest BCUT2D eigenvalue weighted by molar-refractivity contribution is 0.0934. The number of fused-ring (bicyclic) bond motifs is 1. The number of amides is 1. The SMILES string of the molecule is CN1CCC(NC(=O)c2n[nH]c(=O)c3ccccc23)C1. The molecule has 2 N–H and O–H groups in total. The van der Waals surface area contributed by atoms with Gasteiger partial charge in [0.15, 0.2) is 5.69 Å². The lowest BCUT2D eigenvalue weighted by Crippen LogP contribution is -2.37. The average Bonchev–Trinajstić information content (AvgIpc) is 2.84. The molecule has 3 rings (SSSR count). The second-order valence-corrected chi connectivity index (χ2v) is 5.17. The van der Waals surface area contributed by atoms with E-state index in [-0.39, 0.29) is 23.2 Å². The second kappa shape index (κ2) is 5.05. The molecule has 1 aliphatic rings. The van der Waals surface area contributed by atoms with E-state index in [1.165, 1.54) is 0 Å². The van der Waals surface area contributed by atoms with Gasteiger partial charge < -0.3 is 10.2 Å². The van der Waals surface area contributed by atoms with Crippen LogP contribution in [0.4, 0.5) is 0 Å². The summed E-state index contributed by atoms with van der Waals surface area (Å²) in [6.07, 6.45) is 0.934. The smallest absolute Gasteiger partial charge is 0.272 e. The number of aromatic amines is 1. The van der Waals surface area contributed by atoms with Crippen LogP contribution in [0, 0.1) is 0 Å². The van der Waals surface area contributed by atoms with E-state index in [2.05, 4.69) is 20.4 Å². The van der Waals surface area contributed by atoms with E-state index in [4.69, 9.17) is 0 Å². The number of likely N-dealkylation sites (N-methyl/N-ethyl adjacent to an activating group) is 1. The molecule has 0 radical (unpaired) electrons. The fraction of sp³-hybridized carbons (Fsp3) is 0.357. The molecule has 1 atom stereocenters. The predicted octanol–water partition coefficient (Wildman–Crippen LogP) is 0.357. The minimum atomic E-state index is -0.280. The Morgan fingerprint density at radius 2 is 2.15 bits per heavy atom. The Labute approximate surface area is 115 Å². The summed E-state index contributed by atoms with van der Waals surface area (Å²) in [4.78, 5) is 26.2. The first-order valence-electron chi connectivity index (χ1n) is 6.62. The van der Waals surface area contributed by atoms with Gasteiger partial charge in [-0.2, -0.15) is 5.10 Å². The van der Waals surface area contributed by atoms with Gasteiger partial charge in [0, 0.05) is 18.0 Å². The van der Waals surface area contributed by atoms with Gasteiger partial charge in [-0.25, -0.2) is 5.10 Å². The maximum atomic E-state index is 12.3. The minimum absolute atomic E-state index is 0.139. The molecule has 2 heterocycles. The maximum absolute atomic E-state index is 12.3. The number of likely N-dealkylation sites (tertiary alicyclic amines) is 1. The standard InChI is InChI=1S/C14H16N4O2/c1-18-7-6-9(8-18)15-14(20)12-10-4-2-3-5-11(10)13(19)17-16-12/h2-5,9H,6-8H2,1H3,(H,15,20)(H,17,19). The van der Waals surface area contributed by atoms with Gasteiger partial charge in [-0.3, -0.25) is 9.59 Å². The van der Waals surface area contributed by atoms with Gasteiger partial charge in [-0.05, 0) is 26.1 Å².